The Morgan fingerprint density at radius 3 is 1.49 bits per heavy atom. The Labute approximate surface area is 878 Å². The van der Waals surface area contributed by atoms with Crippen molar-refractivity contribution in [2.45, 2.75) is 313 Å². The fourth-order valence-electron chi connectivity index (χ4n) is 19.2. The van der Waals surface area contributed by atoms with Crippen molar-refractivity contribution in [3.63, 3.8) is 0 Å². The van der Waals surface area contributed by atoms with Crippen molar-refractivity contribution >= 4 is 64.8 Å². The molecule has 15 heterocycles. The van der Waals surface area contributed by atoms with Crippen LogP contribution < -0.4 is 0 Å². The van der Waals surface area contributed by atoms with Crippen molar-refractivity contribution in [1.82, 2.24) is 0 Å². The highest BCUT2D eigenvalue weighted by atomic mass is 32.2. The molecule has 16 fully saturated rings. The van der Waals surface area contributed by atoms with E-state index in [2.05, 4.69) is 96.9 Å². The van der Waals surface area contributed by atoms with Crippen molar-refractivity contribution < 1.29 is 139 Å². The molecule has 0 aromatic carbocycles. The fourth-order valence-corrected chi connectivity index (χ4v) is 28.3. The molecule has 0 aromatic heterocycles. The summed E-state index contributed by atoms with van der Waals surface area (Å²) in [6.45, 7) is 48.2. The Kier molecular flexibility index (Phi) is 75.1. The molecule has 0 spiro atoms. The largest absolute Gasteiger partial charge is 0.384 e. The minimum absolute atomic E-state index is 0.0377. The first-order valence-electron chi connectivity index (χ1n) is 52.7. The normalized spacial score (nSPS) is 31.8. The maximum absolute atomic E-state index is 11.1. The van der Waals surface area contributed by atoms with Crippen LogP contribution >= 0.6 is 23.5 Å². The molecule has 0 bridgehead atoms. The van der Waals surface area contributed by atoms with E-state index in [0.717, 1.165) is 243 Å². The minimum Gasteiger partial charge on any atom is -0.384 e. The van der Waals surface area contributed by atoms with Gasteiger partial charge < -0.3 is 114 Å². The predicted octanol–water partition coefficient (Wildman–Crippen LogP) is 16.3. The third-order valence-corrected chi connectivity index (χ3v) is 38.5. The molecule has 36 heteroatoms. The maximum Gasteiger partial charge on any atom is 0.155 e. The third kappa shape index (κ3) is 60.1. The summed E-state index contributed by atoms with van der Waals surface area (Å²) in [6.07, 6.45) is 26.3. The molecule has 0 N–H and O–H groups in total. The van der Waals surface area contributed by atoms with E-state index in [1.54, 1.807) is 92.4 Å². The van der Waals surface area contributed by atoms with Crippen LogP contribution in [0.25, 0.3) is 0 Å². The van der Waals surface area contributed by atoms with Gasteiger partial charge in [0.05, 0.1) is 199 Å². The lowest BCUT2D eigenvalue weighted by atomic mass is 9.82. The highest BCUT2D eigenvalue weighted by Crippen LogP contribution is 2.44. The minimum atomic E-state index is -2.77. The summed E-state index contributed by atoms with van der Waals surface area (Å²) in [6, 6.07) is 0. The quantitative estimate of drug-likeness (QED) is 0.0671. The van der Waals surface area contributed by atoms with E-state index in [0.29, 0.717) is 125 Å². The molecule has 0 amide bonds. The average molecular weight is 2160 g/mol. The topological polar surface area (TPSA) is 324 Å². The van der Waals surface area contributed by atoms with E-state index in [1.807, 2.05) is 30.6 Å². The number of rotatable bonds is 29. The van der Waals surface area contributed by atoms with Crippen LogP contribution in [0.15, 0.2) is 0 Å². The van der Waals surface area contributed by atoms with Gasteiger partial charge in [0.1, 0.15) is 0 Å². The van der Waals surface area contributed by atoms with Crippen molar-refractivity contribution in [3.05, 3.63) is 0 Å². The first-order chi connectivity index (χ1) is 67.4. The Hall–Kier alpha value is -0.0600. The van der Waals surface area contributed by atoms with E-state index < -0.39 is 41.3 Å². The van der Waals surface area contributed by atoms with Gasteiger partial charge in [-0.05, 0) is 249 Å². The summed E-state index contributed by atoms with van der Waals surface area (Å²) in [4.78, 5) is 0. The fraction of sp³-hybridized carbons (Fsp3) is 1.00. The molecule has 142 heavy (non-hydrogen) atoms. The molecule has 850 valence electrons. The van der Waals surface area contributed by atoms with Crippen LogP contribution in [0.2, 0.25) is 0 Å². The Morgan fingerprint density at radius 2 is 1.05 bits per heavy atom. The molecule has 0 aromatic rings. The van der Waals surface area contributed by atoms with Crippen molar-refractivity contribution in [2.24, 2.45) is 64.1 Å². The van der Waals surface area contributed by atoms with Crippen LogP contribution in [0.1, 0.15) is 232 Å². The molecule has 1 aliphatic carbocycles. The molecule has 16 rings (SSSR count). The van der Waals surface area contributed by atoms with Crippen LogP contribution in [0, 0.1) is 64.1 Å². The van der Waals surface area contributed by atoms with Gasteiger partial charge >= 0.3 is 0 Å². The zero-order valence-corrected chi connectivity index (χ0v) is 99.3. The number of thioether (sulfide) groups is 2. The van der Waals surface area contributed by atoms with Gasteiger partial charge in [0.15, 0.2) is 19.7 Å². The van der Waals surface area contributed by atoms with Gasteiger partial charge in [0, 0.05) is 220 Å². The molecular formula is C106H210O30S6. The van der Waals surface area contributed by atoms with Crippen molar-refractivity contribution in [1.29, 1.82) is 0 Å². The molecule has 20 atom stereocenters. The van der Waals surface area contributed by atoms with Crippen LogP contribution in [-0.2, 0) is 155 Å². The summed E-state index contributed by atoms with van der Waals surface area (Å²) in [5.74, 6) is 13.1. The first-order valence-corrected chi connectivity index (χ1v) is 61.4. The molecule has 1 saturated carbocycles. The van der Waals surface area contributed by atoms with Gasteiger partial charge in [0.25, 0.3) is 0 Å². The van der Waals surface area contributed by atoms with Crippen LogP contribution in [0.5, 0.6) is 0 Å². The van der Waals surface area contributed by atoms with Gasteiger partial charge in [-0.15, -0.1) is 0 Å². The first kappa shape index (κ1) is 138. The standard InChI is InChI=1S/C11H20O2.5C8H16O2.2C7H14O2.2C6H12O3S.2C6H12O2S.2C6H12OS.C5H10O2/c1-11(2)7-8-5-4-6-9(12-3)10(8)13-11;1-8(2)6-10-5-7(8)4-9-3;1-8(2)4-7(5-9-3)6-10-8;1-8(2)4-5-10-7(8)6-9-3;1-8(2)7(6-9-3)4-5-10-8;1-8(2)5-4-7(10-8)6-9-3;1-6(8-2)7-3-4-9-5-7;1-6(8-2)7-4-3-5-9-7;1-9-4-6-2-3-10(7,8)5-6;1-9-5-6-3-2-4-10(6,7)8;1-8-4-6-2-3-9(7)5-6;1-8-5-6-3-2-4-9(6)7;1-7-4-6-2-3-8-5-6;1-7-5-6-3-2-4-8-6;1-6-2-5-3-7-4-5/h8-10H,4-7H2,1-3H3;5*7H,4-6H2,1-3H3;2*6-7H,3-5H2,1-2H3;2*6H,2-5H2,1H3;2*6H,2-5H2,1H3;2*6H,2-5H2,1H3;5H,2-4H2,1H3. The summed E-state index contributed by atoms with van der Waals surface area (Å²) < 4.78 is 190. The maximum atomic E-state index is 11.1. The highest BCUT2D eigenvalue weighted by molar-refractivity contribution is 8.00. The lowest BCUT2D eigenvalue weighted by Crippen LogP contribution is -2.37. The molecule has 15 aliphatic heterocycles. The average Bonchev–Trinajstić information content (AvgIpc) is 1.65. The Balaban J connectivity index is 0.000000515. The molecule has 30 nitrogen and oxygen atoms in total. The van der Waals surface area contributed by atoms with Crippen molar-refractivity contribution in [2.75, 3.05) is 304 Å². The zero-order valence-electron chi connectivity index (χ0n) is 94.4. The van der Waals surface area contributed by atoms with Crippen molar-refractivity contribution in [3.8, 4) is 0 Å². The summed E-state index contributed by atoms with van der Waals surface area (Å²) in [5, 5.41) is 0.910. The summed E-state index contributed by atoms with van der Waals surface area (Å²) in [5.41, 5.74) is 0.922. The molecule has 16 aliphatic rings. The van der Waals surface area contributed by atoms with Gasteiger partial charge in [-0.25, -0.2) is 16.8 Å². The molecular weight excluding hydrogens is 1950 g/mol. The van der Waals surface area contributed by atoms with E-state index in [-0.39, 0.29) is 39.7 Å². The van der Waals surface area contributed by atoms with Gasteiger partial charge in [-0.1, -0.05) is 34.1 Å². The molecule has 15 saturated heterocycles. The number of sulfone groups is 2. The van der Waals surface area contributed by atoms with Gasteiger partial charge in [0.2, 0.25) is 0 Å². The van der Waals surface area contributed by atoms with Gasteiger partial charge in [-0.3, -0.25) is 8.42 Å². The number of hydrogen-bond acceptors (Lipinski definition) is 32. The van der Waals surface area contributed by atoms with E-state index in [4.69, 9.17) is 114 Å². The zero-order chi connectivity index (χ0) is 106. The Bertz CT molecular complexity index is 3190. The third-order valence-electron chi connectivity index (χ3n) is 28.5. The van der Waals surface area contributed by atoms with E-state index >= 15 is 0 Å². The highest BCUT2D eigenvalue weighted by Gasteiger charge is 2.47. The number of fused-ring (bicyclic) bond motifs is 1. The molecule has 0 radical (unpaired) electrons. The number of ether oxygens (including phenoxy) is 24. The second-order valence-electron chi connectivity index (χ2n) is 43.9. The number of methoxy groups -OCH3 is 15. The van der Waals surface area contributed by atoms with Crippen LogP contribution in [0.3, 0.4) is 0 Å². The second-order valence-corrected chi connectivity index (χ2v) is 54.6. The molecule has 20 unspecified atom stereocenters. The van der Waals surface area contributed by atoms with E-state index in [1.165, 1.54) is 75.7 Å². The second kappa shape index (κ2) is 77.3. The smallest absolute Gasteiger partial charge is 0.155 e. The van der Waals surface area contributed by atoms with Crippen LogP contribution in [-0.4, -0.2) is 410 Å². The van der Waals surface area contributed by atoms with E-state index in [9.17, 15) is 25.3 Å². The lowest BCUT2D eigenvalue weighted by molar-refractivity contribution is -0.104. The van der Waals surface area contributed by atoms with Gasteiger partial charge in [-0.2, -0.15) is 23.5 Å². The van der Waals surface area contributed by atoms with Crippen LogP contribution in [0.4, 0.5) is 0 Å². The predicted molar refractivity (Wildman–Crippen MR) is 577 cm³/mol. The lowest BCUT2D eigenvalue weighted by Gasteiger charge is -2.31. The summed E-state index contributed by atoms with van der Waals surface area (Å²) in [7, 11) is 19.1. The SMILES string of the molecule is COC(C)C1CCCO1.COC(C)C1CCOC1.COC1CCCC2CC(C)(C)OC21.COCC1CCC(C)(C)O1.COCC1CCCS1.COCC1CCCS1(=O)=O.COCC1CCCS1=O.COCC1CCOC1(C)C.COCC1CCS(=O)(=O)C1.COCC1CCS(=O)C1.COCC1CCSC1.COCC1COC(C)(C)C1.COCC1COC1.COCC1COCC1(C)C.COCC1OCCC1(C)C. The number of hydrogen-bond donors (Lipinski definition) is 0. The Morgan fingerprint density at radius 1 is 0.423 bits per heavy atom. The summed E-state index contributed by atoms with van der Waals surface area (Å²) >= 11 is 4.08. The monoisotopic (exact) mass is 2160 g/mol.